The minimum atomic E-state index is 0.00583. The zero-order valence-electron chi connectivity index (χ0n) is 10.1. The SMILES string of the molecule is Cc1c(OC2CCNC2)c(=O)ccn1C1CC1. The highest BCUT2D eigenvalue weighted by molar-refractivity contribution is 5.28. The van der Waals surface area contributed by atoms with Crippen LogP contribution in [-0.4, -0.2) is 23.8 Å². The van der Waals surface area contributed by atoms with Gasteiger partial charge >= 0.3 is 0 Å². The van der Waals surface area contributed by atoms with E-state index in [-0.39, 0.29) is 11.5 Å². The van der Waals surface area contributed by atoms with E-state index in [1.807, 2.05) is 13.1 Å². The summed E-state index contributed by atoms with van der Waals surface area (Å²) in [6.45, 7) is 3.81. The molecule has 92 valence electrons. The highest BCUT2D eigenvalue weighted by atomic mass is 16.5. The number of hydrogen-bond acceptors (Lipinski definition) is 3. The van der Waals surface area contributed by atoms with Crippen LogP contribution in [0.1, 0.15) is 31.0 Å². The zero-order valence-corrected chi connectivity index (χ0v) is 10.1. The number of ether oxygens (including phenoxy) is 1. The molecule has 1 atom stereocenters. The first-order valence-electron chi connectivity index (χ1n) is 6.35. The molecule has 1 N–H and O–H groups in total. The van der Waals surface area contributed by atoms with E-state index in [0.29, 0.717) is 11.8 Å². The summed E-state index contributed by atoms with van der Waals surface area (Å²) in [6.07, 6.45) is 5.46. The summed E-state index contributed by atoms with van der Waals surface area (Å²) in [6, 6.07) is 2.21. The summed E-state index contributed by atoms with van der Waals surface area (Å²) < 4.78 is 8.04. The van der Waals surface area contributed by atoms with Crippen LogP contribution in [-0.2, 0) is 0 Å². The van der Waals surface area contributed by atoms with Crippen LogP contribution in [0, 0.1) is 6.92 Å². The molecule has 4 heteroatoms. The fourth-order valence-corrected chi connectivity index (χ4v) is 2.42. The summed E-state index contributed by atoms with van der Waals surface area (Å²) in [4.78, 5) is 11.9. The lowest BCUT2D eigenvalue weighted by atomic mass is 10.3. The van der Waals surface area contributed by atoms with Gasteiger partial charge in [-0.25, -0.2) is 0 Å². The maximum Gasteiger partial charge on any atom is 0.223 e. The predicted molar refractivity (Wildman–Crippen MR) is 65.6 cm³/mol. The van der Waals surface area contributed by atoms with Crippen LogP contribution in [0.2, 0.25) is 0 Å². The lowest BCUT2D eigenvalue weighted by Crippen LogP contribution is -2.24. The normalized spacial score (nSPS) is 23.9. The number of hydrogen-bond donors (Lipinski definition) is 1. The fraction of sp³-hybridized carbons (Fsp3) is 0.615. The van der Waals surface area contributed by atoms with Crippen LogP contribution in [0.3, 0.4) is 0 Å². The molecule has 0 bridgehead atoms. The maximum atomic E-state index is 11.9. The summed E-state index contributed by atoms with van der Waals surface area (Å²) >= 11 is 0. The molecule has 2 aliphatic rings. The van der Waals surface area contributed by atoms with Crippen LogP contribution in [0.15, 0.2) is 17.1 Å². The van der Waals surface area contributed by atoms with Gasteiger partial charge in [-0.1, -0.05) is 0 Å². The molecule has 0 amide bonds. The van der Waals surface area contributed by atoms with Crippen molar-refractivity contribution in [3.63, 3.8) is 0 Å². The van der Waals surface area contributed by atoms with Crippen molar-refractivity contribution >= 4 is 0 Å². The van der Waals surface area contributed by atoms with Gasteiger partial charge in [-0.05, 0) is 32.7 Å². The minimum absolute atomic E-state index is 0.00583. The molecule has 2 heterocycles. The average Bonchev–Trinajstić information content (AvgIpc) is 3.02. The van der Waals surface area contributed by atoms with Crippen LogP contribution in [0.5, 0.6) is 5.75 Å². The van der Waals surface area contributed by atoms with Gasteiger partial charge < -0.3 is 14.6 Å². The summed E-state index contributed by atoms with van der Waals surface area (Å²) in [5.41, 5.74) is 0.984. The number of aromatic nitrogens is 1. The van der Waals surface area contributed by atoms with E-state index in [9.17, 15) is 4.79 Å². The van der Waals surface area contributed by atoms with Crippen molar-refractivity contribution in [2.75, 3.05) is 13.1 Å². The van der Waals surface area contributed by atoms with E-state index in [1.54, 1.807) is 6.07 Å². The molecule has 1 aliphatic heterocycles. The smallest absolute Gasteiger partial charge is 0.223 e. The molecular formula is C13H18N2O2. The van der Waals surface area contributed by atoms with Gasteiger partial charge in [0.25, 0.3) is 0 Å². The number of nitrogens with zero attached hydrogens (tertiary/aromatic N) is 1. The van der Waals surface area contributed by atoms with E-state index in [4.69, 9.17) is 4.74 Å². The summed E-state index contributed by atoms with van der Waals surface area (Å²) in [5.74, 6) is 0.549. The average molecular weight is 234 g/mol. The maximum absolute atomic E-state index is 11.9. The second kappa shape index (κ2) is 4.18. The number of nitrogens with one attached hydrogen (secondary N) is 1. The summed E-state index contributed by atoms with van der Waals surface area (Å²) in [7, 11) is 0. The Hall–Kier alpha value is -1.29. The quantitative estimate of drug-likeness (QED) is 0.855. The predicted octanol–water partition coefficient (Wildman–Crippen LogP) is 1.23. The molecule has 0 radical (unpaired) electrons. The van der Waals surface area contributed by atoms with Gasteiger partial charge in [-0.3, -0.25) is 4.79 Å². The van der Waals surface area contributed by atoms with E-state index in [2.05, 4.69) is 9.88 Å². The van der Waals surface area contributed by atoms with E-state index in [0.717, 1.165) is 25.2 Å². The van der Waals surface area contributed by atoms with Gasteiger partial charge in [-0.15, -0.1) is 0 Å². The molecule has 1 aromatic heterocycles. The first-order valence-corrected chi connectivity index (χ1v) is 6.35. The standard InChI is InChI=1S/C13H18N2O2/c1-9-13(17-11-4-6-14-8-11)12(16)5-7-15(9)10-2-3-10/h5,7,10-11,14H,2-4,6,8H2,1H3. The van der Waals surface area contributed by atoms with Crippen molar-refractivity contribution in [1.29, 1.82) is 0 Å². The van der Waals surface area contributed by atoms with Crippen LogP contribution < -0.4 is 15.5 Å². The van der Waals surface area contributed by atoms with Crippen LogP contribution in [0.4, 0.5) is 0 Å². The fourth-order valence-electron chi connectivity index (χ4n) is 2.42. The molecule has 1 saturated carbocycles. The Morgan fingerprint density at radius 1 is 1.41 bits per heavy atom. The molecule has 1 unspecified atom stereocenters. The Bertz CT molecular complexity index is 471. The molecule has 0 spiro atoms. The number of pyridine rings is 1. The second-order valence-corrected chi connectivity index (χ2v) is 4.97. The van der Waals surface area contributed by atoms with Gasteiger partial charge in [0.15, 0.2) is 5.75 Å². The van der Waals surface area contributed by atoms with Crippen molar-refractivity contribution in [3.8, 4) is 5.75 Å². The third-order valence-electron chi connectivity index (χ3n) is 3.57. The Morgan fingerprint density at radius 2 is 2.24 bits per heavy atom. The first kappa shape index (κ1) is 10.8. The zero-order chi connectivity index (χ0) is 11.8. The van der Waals surface area contributed by atoms with E-state index >= 15 is 0 Å². The van der Waals surface area contributed by atoms with Crippen molar-refractivity contribution < 1.29 is 4.74 Å². The highest BCUT2D eigenvalue weighted by Crippen LogP contribution is 2.36. The largest absolute Gasteiger partial charge is 0.483 e. The molecule has 2 fully saturated rings. The molecule has 1 aromatic rings. The Balaban J connectivity index is 1.90. The van der Waals surface area contributed by atoms with E-state index < -0.39 is 0 Å². The van der Waals surface area contributed by atoms with Gasteiger partial charge in [-0.2, -0.15) is 0 Å². The van der Waals surface area contributed by atoms with Gasteiger partial charge in [0.2, 0.25) is 5.43 Å². The molecule has 1 aliphatic carbocycles. The summed E-state index contributed by atoms with van der Waals surface area (Å²) in [5, 5.41) is 3.25. The third-order valence-corrected chi connectivity index (χ3v) is 3.57. The lowest BCUT2D eigenvalue weighted by Gasteiger charge is -2.17. The van der Waals surface area contributed by atoms with Gasteiger partial charge in [0, 0.05) is 24.8 Å². The molecule has 4 nitrogen and oxygen atoms in total. The van der Waals surface area contributed by atoms with Gasteiger partial charge in [0.05, 0.1) is 5.69 Å². The first-order chi connectivity index (χ1) is 8.25. The topological polar surface area (TPSA) is 43.3 Å². The molecule has 1 saturated heterocycles. The number of rotatable bonds is 3. The Kier molecular flexibility index (Phi) is 2.67. The van der Waals surface area contributed by atoms with Crippen molar-refractivity contribution in [2.24, 2.45) is 0 Å². The minimum Gasteiger partial charge on any atom is -0.483 e. The lowest BCUT2D eigenvalue weighted by molar-refractivity contribution is 0.217. The molecule has 3 rings (SSSR count). The van der Waals surface area contributed by atoms with Crippen LogP contribution in [0.25, 0.3) is 0 Å². The Labute approximate surface area is 101 Å². The Morgan fingerprint density at radius 3 is 2.88 bits per heavy atom. The third kappa shape index (κ3) is 2.09. The second-order valence-electron chi connectivity index (χ2n) is 4.97. The van der Waals surface area contributed by atoms with Crippen molar-refractivity contribution in [2.45, 2.75) is 38.3 Å². The molecule has 17 heavy (non-hydrogen) atoms. The van der Waals surface area contributed by atoms with Gasteiger partial charge in [0.1, 0.15) is 6.10 Å². The van der Waals surface area contributed by atoms with Crippen molar-refractivity contribution in [3.05, 3.63) is 28.2 Å². The van der Waals surface area contributed by atoms with Crippen LogP contribution >= 0.6 is 0 Å². The monoisotopic (exact) mass is 234 g/mol. The van der Waals surface area contributed by atoms with E-state index in [1.165, 1.54) is 12.8 Å². The molecule has 0 aromatic carbocycles. The highest BCUT2D eigenvalue weighted by Gasteiger charge is 2.26. The van der Waals surface area contributed by atoms with Crippen molar-refractivity contribution in [1.82, 2.24) is 9.88 Å². The molecular weight excluding hydrogens is 216 g/mol.